The van der Waals surface area contributed by atoms with Crippen LogP contribution in [0.1, 0.15) is 5.56 Å². The van der Waals surface area contributed by atoms with Crippen molar-refractivity contribution in [1.29, 1.82) is 0 Å². The van der Waals surface area contributed by atoms with Gasteiger partial charge in [0.2, 0.25) is 0 Å². The molecule has 0 atom stereocenters. The fourth-order valence-electron chi connectivity index (χ4n) is 0.807. The van der Waals surface area contributed by atoms with E-state index in [0.29, 0.717) is 0 Å². The molecule has 0 radical (unpaired) electrons. The van der Waals surface area contributed by atoms with E-state index < -0.39 is 0 Å². The third-order valence-corrected chi connectivity index (χ3v) is 1.80. The Balaban J connectivity index is 3.08. The van der Waals surface area contributed by atoms with E-state index >= 15 is 0 Å². The van der Waals surface area contributed by atoms with Crippen molar-refractivity contribution in [2.45, 2.75) is 6.92 Å². The molecule has 0 amide bonds. The molecule has 0 spiro atoms. The van der Waals surface area contributed by atoms with Crippen molar-refractivity contribution in [3.63, 3.8) is 0 Å². The van der Waals surface area contributed by atoms with Crippen LogP contribution in [-0.2, 0) is 0 Å². The Hall–Kier alpha value is 0.220. The van der Waals surface area contributed by atoms with Crippen LogP contribution in [0.3, 0.4) is 0 Å². The molecule has 0 fully saturated rings. The molecular weight excluding hydrogens is 107 g/mol. The summed E-state index contributed by atoms with van der Waals surface area (Å²) >= 11 is 1.17. The molecule has 36 valence electrons. The third-order valence-electron chi connectivity index (χ3n) is 1.17. The Morgan fingerprint density at radius 1 is 1.38 bits per heavy atom. The maximum absolute atomic E-state index is 2.23. The Labute approximate surface area is 67.3 Å². The molecular formula is C7H7Na. The fourth-order valence-corrected chi connectivity index (χ4v) is 1.45. The van der Waals surface area contributed by atoms with Crippen LogP contribution in [0.5, 0.6) is 0 Å². The molecule has 8 heavy (non-hydrogen) atoms. The molecule has 1 heteroatoms. The van der Waals surface area contributed by atoms with Gasteiger partial charge in [0.1, 0.15) is 0 Å². The van der Waals surface area contributed by atoms with Crippen molar-refractivity contribution in [2.24, 2.45) is 0 Å². The Kier molecular flexibility index (Phi) is 2.12. The van der Waals surface area contributed by atoms with Gasteiger partial charge in [-0.3, -0.25) is 0 Å². The summed E-state index contributed by atoms with van der Waals surface area (Å²) in [5, 5.41) is 0. The molecule has 0 nitrogen and oxygen atoms in total. The van der Waals surface area contributed by atoms with Crippen molar-refractivity contribution >= 4 is 30.7 Å². The van der Waals surface area contributed by atoms with Crippen LogP contribution in [0.25, 0.3) is 0 Å². The summed E-state index contributed by atoms with van der Waals surface area (Å²) in [6.45, 7) is 2.13. The summed E-state index contributed by atoms with van der Waals surface area (Å²) in [4.78, 5) is 0. The topological polar surface area (TPSA) is 0 Å². The summed E-state index contributed by atoms with van der Waals surface area (Å²) in [6.07, 6.45) is 0. The standard InChI is InChI=1S/C7H7.Na/c1-7-5-3-2-4-6-7;/h2-3,5-6H,1H3;. The molecule has 1 aromatic carbocycles. The minimum absolute atomic E-state index is 1.17. The van der Waals surface area contributed by atoms with Gasteiger partial charge in [0.15, 0.2) is 0 Å². The number of aryl methyl sites for hydroxylation is 1. The molecule has 0 saturated carbocycles. The van der Waals surface area contributed by atoms with E-state index in [2.05, 4.69) is 31.2 Å². The van der Waals surface area contributed by atoms with E-state index in [0.717, 1.165) is 0 Å². The molecule has 0 unspecified atom stereocenters. The number of rotatable bonds is 0. The first-order valence-electron chi connectivity index (χ1n) is 2.82. The molecule has 1 rings (SSSR count). The van der Waals surface area contributed by atoms with E-state index in [1.54, 1.807) is 0 Å². The maximum atomic E-state index is 2.23. The summed E-state index contributed by atoms with van der Waals surface area (Å²) in [6, 6.07) is 8.63. The van der Waals surface area contributed by atoms with Gasteiger partial charge in [0, 0.05) is 0 Å². The Bertz CT molecular complexity index is 164. The van der Waals surface area contributed by atoms with Crippen LogP contribution >= 0.6 is 0 Å². The van der Waals surface area contributed by atoms with Gasteiger partial charge in [0.05, 0.1) is 0 Å². The van der Waals surface area contributed by atoms with Crippen molar-refractivity contribution in [3.05, 3.63) is 29.8 Å². The van der Waals surface area contributed by atoms with Crippen LogP contribution in [0.4, 0.5) is 0 Å². The van der Waals surface area contributed by atoms with Crippen molar-refractivity contribution in [2.75, 3.05) is 0 Å². The quantitative estimate of drug-likeness (QED) is 0.437. The molecule has 0 aromatic heterocycles. The first-order valence-corrected chi connectivity index (χ1v) is 3.82. The van der Waals surface area contributed by atoms with Crippen LogP contribution in [0.2, 0.25) is 0 Å². The van der Waals surface area contributed by atoms with Gasteiger partial charge in [-0.05, 0) is 0 Å². The van der Waals surface area contributed by atoms with E-state index in [1.165, 1.54) is 36.3 Å². The summed E-state index contributed by atoms with van der Waals surface area (Å²) in [5.41, 5.74) is 1.37. The van der Waals surface area contributed by atoms with Gasteiger partial charge in [0.25, 0.3) is 0 Å². The van der Waals surface area contributed by atoms with Gasteiger partial charge in [-0.25, -0.2) is 0 Å². The monoisotopic (exact) mass is 114 g/mol. The molecule has 0 aliphatic carbocycles. The van der Waals surface area contributed by atoms with Crippen molar-refractivity contribution in [1.82, 2.24) is 0 Å². The van der Waals surface area contributed by atoms with Gasteiger partial charge in [-0.1, -0.05) is 0 Å². The zero-order valence-corrected chi connectivity index (χ0v) is 7.31. The van der Waals surface area contributed by atoms with Crippen LogP contribution in [-0.4, -0.2) is 27.9 Å². The fraction of sp³-hybridized carbons (Fsp3) is 0.143. The van der Waals surface area contributed by atoms with E-state index in [4.69, 9.17) is 0 Å². The second kappa shape index (κ2) is 2.67. The average Bonchev–Trinajstić information content (AvgIpc) is 1.64. The molecule has 1 aromatic rings. The molecule has 0 bridgehead atoms. The predicted molar refractivity (Wildman–Crippen MR) is 36.6 cm³/mol. The Morgan fingerprint density at radius 3 is 2.50 bits per heavy atom. The molecule has 0 heterocycles. The molecule has 0 saturated heterocycles. The van der Waals surface area contributed by atoms with Crippen LogP contribution < -0.4 is 2.81 Å². The number of hydrogen-bond acceptors (Lipinski definition) is 0. The number of hydrogen-bond donors (Lipinski definition) is 0. The van der Waals surface area contributed by atoms with Gasteiger partial charge in [-0.15, -0.1) is 0 Å². The van der Waals surface area contributed by atoms with Crippen LogP contribution in [0.15, 0.2) is 24.3 Å². The predicted octanol–water partition coefficient (Wildman–Crippen LogP) is 0.789. The Morgan fingerprint density at radius 2 is 2.12 bits per heavy atom. The summed E-state index contributed by atoms with van der Waals surface area (Å²) in [7, 11) is 0. The summed E-state index contributed by atoms with van der Waals surface area (Å²) in [5.74, 6) is 0. The second-order valence-corrected chi connectivity index (χ2v) is 3.31. The van der Waals surface area contributed by atoms with Gasteiger partial charge >= 0.3 is 67.5 Å². The van der Waals surface area contributed by atoms with Gasteiger partial charge < -0.3 is 0 Å². The molecule has 0 N–H and O–H groups in total. The first kappa shape index (κ1) is 6.34. The van der Waals surface area contributed by atoms with E-state index in [9.17, 15) is 0 Å². The SMILES string of the molecule is Cc1ccc[c]([Na])c1. The first-order chi connectivity index (χ1) is 3.79. The van der Waals surface area contributed by atoms with E-state index in [-0.39, 0.29) is 0 Å². The molecule has 0 aliphatic rings. The normalized spacial score (nSPS) is 9.38. The second-order valence-electron chi connectivity index (χ2n) is 2.16. The van der Waals surface area contributed by atoms with E-state index in [1.807, 2.05) is 0 Å². The third kappa shape index (κ3) is 1.62. The van der Waals surface area contributed by atoms with Crippen molar-refractivity contribution < 1.29 is 0 Å². The van der Waals surface area contributed by atoms with Gasteiger partial charge in [-0.2, -0.15) is 0 Å². The summed E-state index contributed by atoms with van der Waals surface area (Å²) < 4.78 is 1.48. The minimum atomic E-state index is 1.17. The average molecular weight is 114 g/mol. The van der Waals surface area contributed by atoms with Crippen LogP contribution in [0, 0.1) is 6.92 Å². The number of benzene rings is 1. The zero-order chi connectivity index (χ0) is 5.98. The van der Waals surface area contributed by atoms with Crippen molar-refractivity contribution in [3.8, 4) is 0 Å². The zero-order valence-electron chi connectivity index (χ0n) is 5.31. The molecule has 0 aliphatic heterocycles.